The zero-order valence-corrected chi connectivity index (χ0v) is 17.1. The maximum atomic E-state index is 13.2. The summed E-state index contributed by atoms with van der Waals surface area (Å²) in [7, 11) is 0. The lowest BCUT2D eigenvalue weighted by Gasteiger charge is -2.40. The van der Waals surface area contributed by atoms with Crippen molar-refractivity contribution in [2.24, 2.45) is 5.41 Å². The number of rotatable bonds is 2. The molecule has 3 heterocycles. The molecule has 0 aromatic carbocycles. The van der Waals surface area contributed by atoms with E-state index in [2.05, 4.69) is 34.7 Å². The van der Waals surface area contributed by atoms with Crippen LogP contribution in [0, 0.1) is 5.41 Å². The molecule has 2 saturated heterocycles. The number of carbonyl (C=O) groups excluding carboxylic acids is 2. The summed E-state index contributed by atoms with van der Waals surface area (Å²) in [5.74, 6) is 0.553. The summed E-state index contributed by atoms with van der Waals surface area (Å²) in [6, 6.07) is 0. The van der Waals surface area contributed by atoms with Crippen molar-refractivity contribution in [3.8, 4) is 0 Å². The van der Waals surface area contributed by atoms with Gasteiger partial charge in [-0.1, -0.05) is 33.1 Å². The van der Waals surface area contributed by atoms with Gasteiger partial charge in [-0.15, -0.1) is 0 Å². The van der Waals surface area contributed by atoms with Crippen LogP contribution in [0.2, 0.25) is 0 Å². The molecular weight excluding hydrogens is 354 g/mol. The number of aromatic nitrogens is 2. The topological polar surface area (TPSA) is 90.1 Å². The van der Waals surface area contributed by atoms with Crippen molar-refractivity contribution in [2.75, 3.05) is 26.2 Å². The first-order chi connectivity index (χ1) is 13.4. The van der Waals surface area contributed by atoms with E-state index in [1.165, 1.54) is 19.3 Å². The molecule has 0 atom stereocenters. The zero-order chi connectivity index (χ0) is 19.8. The fourth-order valence-electron chi connectivity index (χ4n) is 4.87. The van der Waals surface area contributed by atoms with Crippen LogP contribution in [0.3, 0.4) is 0 Å². The highest BCUT2D eigenvalue weighted by molar-refractivity contribution is 5.95. The monoisotopic (exact) mass is 387 g/mol. The first-order valence-corrected chi connectivity index (χ1v) is 10.8. The molecule has 4 rings (SSSR count). The number of nitrogens with zero attached hydrogens (tertiary/aromatic N) is 2. The summed E-state index contributed by atoms with van der Waals surface area (Å²) in [4.78, 5) is 27.8. The van der Waals surface area contributed by atoms with E-state index >= 15 is 0 Å². The molecule has 2 amide bonds. The van der Waals surface area contributed by atoms with Gasteiger partial charge in [-0.25, -0.2) is 0 Å². The molecule has 7 nitrogen and oxygen atoms in total. The van der Waals surface area contributed by atoms with Crippen molar-refractivity contribution in [3.63, 3.8) is 0 Å². The summed E-state index contributed by atoms with van der Waals surface area (Å²) in [5.41, 5.74) is 1.23. The van der Waals surface area contributed by atoms with Gasteiger partial charge in [0, 0.05) is 32.1 Å². The zero-order valence-electron chi connectivity index (χ0n) is 17.1. The predicted molar refractivity (Wildman–Crippen MR) is 107 cm³/mol. The van der Waals surface area contributed by atoms with Crippen molar-refractivity contribution in [2.45, 2.75) is 70.3 Å². The number of piperidine rings is 1. The van der Waals surface area contributed by atoms with Crippen molar-refractivity contribution in [3.05, 3.63) is 17.5 Å². The summed E-state index contributed by atoms with van der Waals surface area (Å²) >= 11 is 0. The molecule has 1 aromatic rings. The van der Waals surface area contributed by atoms with Gasteiger partial charge in [-0.05, 0) is 31.1 Å². The fourth-order valence-corrected chi connectivity index (χ4v) is 4.87. The molecule has 3 N–H and O–H groups in total. The molecule has 3 aliphatic rings. The molecule has 1 saturated carbocycles. The summed E-state index contributed by atoms with van der Waals surface area (Å²) in [6.07, 6.45) is 8.98. The van der Waals surface area contributed by atoms with E-state index in [1.807, 2.05) is 4.90 Å². The third-order valence-corrected chi connectivity index (χ3v) is 6.88. The lowest BCUT2D eigenvalue weighted by molar-refractivity contribution is -0.128. The van der Waals surface area contributed by atoms with Gasteiger partial charge in [0.25, 0.3) is 5.91 Å². The second kappa shape index (κ2) is 7.50. The fraction of sp³-hybridized carbons (Fsp3) is 0.762. The Kier molecular flexibility index (Phi) is 5.21. The Morgan fingerprint density at radius 1 is 1.14 bits per heavy atom. The van der Waals surface area contributed by atoms with E-state index in [0.29, 0.717) is 38.4 Å². The molecular formula is C21H33N5O2. The Hall–Kier alpha value is -1.89. The van der Waals surface area contributed by atoms with E-state index < -0.39 is 5.54 Å². The van der Waals surface area contributed by atoms with Crippen LogP contribution in [0.25, 0.3) is 0 Å². The number of hydrogen-bond donors (Lipinski definition) is 3. The van der Waals surface area contributed by atoms with Gasteiger partial charge in [0.05, 0.1) is 17.5 Å². The Morgan fingerprint density at radius 2 is 1.86 bits per heavy atom. The van der Waals surface area contributed by atoms with Gasteiger partial charge in [0.1, 0.15) is 5.54 Å². The average Bonchev–Trinajstić information content (AvgIpc) is 3.17. The molecule has 2 aliphatic heterocycles. The van der Waals surface area contributed by atoms with Crippen molar-refractivity contribution < 1.29 is 9.59 Å². The van der Waals surface area contributed by atoms with Gasteiger partial charge in [0.2, 0.25) is 5.91 Å². The van der Waals surface area contributed by atoms with Crippen LogP contribution in [0.1, 0.15) is 80.8 Å². The Labute approximate surface area is 167 Å². The largest absolute Gasteiger partial charge is 0.354 e. The number of aromatic amines is 1. The molecule has 1 aliphatic carbocycles. The number of H-pyrrole nitrogens is 1. The molecule has 1 aromatic heterocycles. The summed E-state index contributed by atoms with van der Waals surface area (Å²) < 4.78 is 0. The molecule has 3 fully saturated rings. The lowest BCUT2D eigenvalue weighted by atomic mass is 9.84. The average molecular weight is 388 g/mol. The molecule has 28 heavy (non-hydrogen) atoms. The second-order valence-corrected chi connectivity index (χ2v) is 9.61. The summed E-state index contributed by atoms with van der Waals surface area (Å²) in [6.45, 7) is 6.98. The van der Waals surface area contributed by atoms with Crippen LogP contribution in [0.4, 0.5) is 0 Å². The minimum absolute atomic E-state index is 0.0395. The molecule has 0 radical (unpaired) electrons. The normalized spacial score (nSPS) is 25.4. The molecule has 0 unspecified atom stereocenters. The first-order valence-electron chi connectivity index (χ1n) is 10.8. The van der Waals surface area contributed by atoms with Gasteiger partial charge < -0.3 is 15.5 Å². The maximum Gasteiger partial charge on any atom is 0.257 e. The second-order valence-electron chi connectivity index (χ2n) is 9.61. The van der Waals surface area contributed by atoms with Crippen molar-refractivity contribution >= 4 is 11.8 Å². The minimum atomic E-state index is -0.548. The maximum absolute atomic E-state index is 13.2. The van der Waals surface area contributed by atoms with Gasteiger partial charge in [-0.2, -0.15) is 5.10 Å². The standard InChI is InChI=1S/C21H33N5O2/c1-20(2)13-22-19(28)21(23-14-20)8-10-26(11-9-21)18(27)16-12-24-25-17(16)15-6-4-3-5-7-15/h12,15,23H,3-11,13-14H2,1-2H3,(H,22,28)(H,24,25). The van der Waals surface area contributed by atoms with E-state index in [1.54, 1.807) is 6.20 Å². The lowest BCUT2D eigenvalue weighted by Crippen LogP contribution is -2.61. The van der Waals surface area contributed by atoms with Crippen LogP contribution in [-0.2, 0) is 4.79 Å². The number of hydrogen-bond acceptors (Lipinski definition) is 4. The van der Waals surface area contributed by atoms with Crippen LogP contribution in [-0.4, -0.2) is 58.6 Å². The highest BCUT2D eigenvalue weighted by atomic mass is 16.2. The van der Waals surface area contributed by atoms with Crippen LogP contribution in [0.5, 0.6) is 0 Å². The van der Waals surface area contributed by atoms with E-state index in [0.717, 1.165) is 30.6 Å². The highest BCUT2D eigenvalue weighted by Crippen LogP contribution is 2.34. The SMILES string of the molecule is CC1(C)CNC(=O)C2(CCN(C(=O)c3cn[nH]c3C3CCCCC3)CC2)NC1. The minimum Gasteiger partial charge on any atom is -0.354 e. The third kappa shape index (κ3) is 3.69. The van der Waals surface area contributed by atoms with Gasteiger partial charge in [-0.3, -0.25) is 14.7 Å². The first kappa shape index (κ1) is 19.4. The molecule has 0 bridgehead atoms. The third-order valence-electron chi connectivity index (χ3n) is 6.88. The Morgan fingerprint density at radius 3 is 2.57 bits per heavy atom. The Balaban J connectivity index is 1.44. The van der Waals surface area contributed by atoms with E-state index in [4.69, 9.17) is 0 Å². The quantitative estimate of drug-likeness (QED) is 0.725. The number of likely N-dealkylation sites (tertiary alicyclic amines) is 1. The van der Waals surface area contributed by atoms with Crippen molar-refractivity contribution in [1.29, 1.82) is 0 Å². The molecule has 1 spiro atoms. The van der Waals surface area contributed by atoms with Crippen LogP contribution >= 0.6 is 0 Å². The van der Waals surface area contributed by atoms with E-state index in [9.17, 15) is 9.59 Å². The van der Waals surface area contributed by atoms with Gasteiger partial charge >= 0.3 is 0 Å². The number of carbonyl (C=O) groups is 2. The smallest absolute Gasteiger partial charge is 0.257 e. The van der Waals surface area contributed by atoms with Crippen molar-refractivity contribution in [1.82, 2.24) is 25.7 Å². The highest BCUT2D eigenvalue weighted by Gasteiger charge is 2.45. The van der Waals surface area contributed by atoms with Gasteiger partial charge in [0.15, 0.2) is 0 Å². The van der Waals surface area contributed by atoms with E-state index in [-0.39, 0.29) is 17.2 Å². The van der Waals surface area contributed by atoms with Crippen LogP contribution in [0.15, 0.2) is 6.20 Å². The molecule has 154 valence electrons. The number of nitrogens with one attached hydrogen (secondary N) is 3. The molecule has 7 heteroatoms. The van der Waals surface area contributed by atoms with Crippen LogP contribution < -0.4 is 10.6 Å². The summed E-state index contributed by atoms with van der Waals surface area (Å²) in [5, 5.41) is 13.9. The number of amides is 2. The Bertz CT molecular complexity index is 727. The predicted octanol–water partition coefficient (Wildman–Crippen LogP) is 2.18.